The van der Waals surface area contributed by atoms with Crippen LogP contribution < -0.4 is 5.73 Å². The van der Waals surface area contributed by atoms with Gasteiger partial charge in [0.1, 0.15) is 0 Å². The molecule has 1 aliphatic heterocycles. The van der Waals surface area contributed by atoms with Crippen molar-refractivity contribution in [3.63, 3.8) is 0 Å². The number of nitrogens with zero attached hydrogens (tertiary/aromatic N) is 2. The lowest BCUT2D eigenvalue weighted by Crippen LogP contribution is -2.56. The molecule has 3 N–H and O–H groups in total. The lowest BCUT2D eigenvalue weighted by Gasteiger charge is -2.38. The molecule has 0 aromatic rings. The summed E-state index contributed by atoms with van der Waals surface area (Å²) in [6.07, 6.45) is 0. The molecule has 5 heteroatoms. The van der Waals surface area contributed by atoms with Crippen LogP contribution >= 0.6 is 0 Å². The fourth-order valence-electron chi connectivity index (χ4n) is 1.90. The molecule has 1 amide bonds. The number of rotatable bonds is 3. The van der Waals surface area contributed by atoms with Gasteiger partial charge in [0.25, 0.3) is 0 Å². The summed E-state index contributed by atoms with van der Waals surface area (Å²) in [6, 6.07) is -0.438. The third-order valence-electron chi connectivity index (χ3n) is 3.30. The van der Waals surface area contributed by atoms with E-state index in [-0.39, 0.29) is 17.9 Å². The van der Waals surface area contributed by atoms with Crippen molar-refractivity contribution in [2.24, 2.45) is 11.1 Å². The van der Waals surface area contributed by atoms with Gasteiger partial charge in [0.05, 0.1) is 12.6 Å². The molecular formula is C12H25N3O2. The first-order chi connectivity index (χ1) is 7.86. The van der Waals surface area contributed by atoms with Crippen LogP contribution in [0.3, 0.4) is 0 Å². The summed E-state index contributed by atoms with van der Waals surface area (Å²) in [5.41, 5.74) is 5.78. The first-order valence-electron chi connectivity index (χ1n) is 6.24. The van der Waals surface area contributed by atoms with Crippen molar-refractivity contribution in [3.05, 3.63) is 0 Å². The summed E-state index contributed by atoms with van der Waals surface area (Å²) in [6.45, 7) is 9.88. The van der Waals surface area contributed by atoms with Crippen molar-refractivity contribution in [2.45, 2.75) is 26.8 Å². The zero-order valence-electron chi connectivity index (χ0n) is 11.1. The maximum atomic E-state index is 12.1. The van der Waals surface area contributed by atoms with Crippen LogP contribution in [0.25, 0.3) is 0 Å². The Kier molecular flexibility index (Phi) is 4.91. The number of aliphatic hydroxyl groups excluding tert-OH is 1. The van der Waals surface area contributed by atoms with Gasteiger partial charge < -0.3 is 15.7 Å². The van der Waals surface area contributed by atoms with Gasteiger partial charge in [-0.25, -0.2) is 0 Å². The van der Waals surface area contributed by atoms with E-state index in [4.69, 9.17) is 10.8 Å². The van der Waals surface area contributed by atoms with E-state index in [2.05, 4.69) is 4.90 Å². The van der Waals surface area contributed by atoms with E-state index in [0.29, 0.717) is 19.6 Å². The number of carbonyl (C=O) groups is 1. The number of hydrogen-bond donors (Lipinski definition) is 2. The highest BCUT2D eigenvalue weighted by Crippen LogP contribution is 2.19. The zero-order valence-corrected chi connectivity index (χ0v) is 11.1. The van der Waals surface area contributed by atoms with Gasteiger partial charge in [-0.05, 0) is 5.41 Å². The monoisotopic (exact) mass is 243 g/mol. The minimum atomic E-state index is -0.438. The van der Waals surface area contributed by atoms with Gasteiger partial charge in [-0.1, -0.05) is 20.8 Å². The standard InChI is InChI=1S/C12H25N3O2/c1-12(2,3)10(13)11(17)15-6-4-14(5-7-15)8-9-16/h10,16H,4-9,13H2,1-3H3/t10-/m1/s1. The van der Waals surface area contributed by atoms with E-state index in [1.165, 1.54) is 0 Å². The lowest BCUT2D eigenvalue weighted by molar-refractivity contribution is -0.136. The largest absolute Gasteiger partial charge is 0.395 e. The Morgan fingerprint density at radius 2 is 1.82 bits per heavy atom. The SMILES string of the molecule is CC(C)(C)[C@H](N)C(=O)N1CCN(CCO)CC1. The predicted octanol–water partition coefficient (Wildman–Crippen LogP) is -0.504. The van der Waals surface area contributed by atoms with Gasteiger partial charge in [-0.3, -0.25) is 9.69 Å². The molecule has 1 saturated heterocycles. The first kappa shape index (κ1) is 14.4. The van der Waals surface area contributed by atoms with Crippen molar-refractivity contribution in [1.29, 1.82) is 0 Å². The van der Waals surface area contributed by atoms with Gasteiger partial charge >= 0.3 is 0 Å². The van der Waals surface area contributed by atoms with Crippen LogP contribution in [0.2, 0.25) is 0 Å². The summed E-state index contributed by atoms with van der Waals surface area (Å²) >= 11 is 0. The Balaban J connectivity index is 2.46. The minimum Gasteiger partial charge on any atom is -0.395 e. The molecule has 1 atom stereocenters. The van der Waals surface area contributed by atoms with Gasteiger partial charge in [-0.2, -0.15) is 0 Å². The number of piperazine rings is 1. The first-order valence-corrected chi connectivity index (χ1v) is 6.24. The van der Waals surface area contributed by atoms with E-state index >= 15 is 0 Å². The molecule has 1 aliphatic rings. The third kappa shape index (κ3) is 3.94. The maximum Gasteiger partial charge on any atom is 0.240 e. The summed E-state index contributed by atoms with van der Waals surface area (Å²) < 4.78 is 0. The molecule has 17 heavy (non-hydrogen) atoms. The fraction of sp³-hybridized carbons (Fsp3) is 0.917. The van der Waals surface area contributed by atoms with Crippen LogP contribution in [-0.2, 0) is 4.79 Å². The molecule has 0 aromatic heterocycles. The van der Waals surface area contributed by atoms with Gasteiger partial charge in [0, 0.05) is 32.7 Å². The molecule has 1 fully saturated rings. The highest BCUT2D eigenvalue weighted by atomic mass is 16.3. The second kappa shape index (κ2) is 5.80. The van der Waals surface area contributed by atoms with E-state index < -0.39 is 6.04 Å². The Labute approximate surface area is 104 Å². The highest BCUT2D eigenvalue weighted by molar-refractivity contribution is 5.82. The average Bonchev–Trinajstić information content (AvgIpc) is 2.27. The van der Waals surface area contributed by atoms with Crippen LogP contribution in [-0.4, -0.2) is 66.2 Å². The van der Waals surface area contributed by atoms with E-state index in [1.807, 2.05) is 25.7 Å². The molecule has 1 rings (SSSR count). The number of hydrogen-bond acceptors (Lipinski definition) is 4. The molecule has 0 bridgehead atoms. The van der Waals surface area contributed by atoms with Crippen LogP contribution in [0.4, 0.5) is 0 Å². The Bertz CT molecular complexity index is 255. The third-order valence-corrected chi connectivity index (χ3v) is 3.30. The second-order valence-electron chi connectivity index (χ2n) is 5.73. The van der Waals surface area contributed by atoms with Crippen molar-refractivity contribution in [2.75, 3.05) is 39.3 Å². The normalized spacial score (nSPS) is 20.4. The average molecular weight is 243 g/mol. The summed E-state index contributed by atoms with van der Waals surface area (Å²) in [4.78, 5) is 16.1. The van der Waals surface area contributed by atoms with Crippen LogP contribution in [0.1, 0.15) is 20.8 Å². The van der Waals surface area contributed by atoms with Crippen LogP contribution in [0.15, 0.2) is 0 Å². The van der Waals surface area contributed by atoms with Gasteiger partial charge in [0.15, 0.2) is 0 Å². The van der Waals surface area contributed by atoms with Crippen molar-refractivity contribution in [1.82, 2.24) is 9.80 Å². The molecule has 100 valence electrons. The lowest BCUT2D eigenvalue weighted by atomic mass is 9.86. The van der Waals surface area contributed by atoms with Crippen LogP contribution in [0, 0.1) is 5.41 Å². The molecule has 0 unspecified atom stereocenters. The summed E-state index contributed by atoms with van der Waals surface area (Å²) in [7, 11) is 0. The predicted molar refractivity (Wildman–Crippen MR) is 67.5 cm³/mol. The number of nitrogens with two attached hydrogens (primary N) is 1. The Morgan fingerprint density at radius 3 is 2.24 bits per heavy atom. The number of β-amino-alcohol motifs (C(OH)–C–C–N with tert-alkyl or cyclic N) is 1. The molecular weight excluding hydrogens is 218 g/mol. The number of carbonyl (C=O) groups excluding carboxylic acids is 1. The molecule has 0 aliphatic carbocycles. The van der Waals surface area contributed by atoms with Crippen molar-refractivity contribution >= 4 is 5.91 Å². The second-order valence-corrected chi connectivity index (χ2v) is 5.73. The molecule has 0 spiro atoms. The topological polar surface area (TPSA) is 69.8 Å². The van der Waals surface area contributed by atoms with Crippen molar-refractivity contribution < 1.29 is 9.90 Å². The zero-order chi connectivity index (χ0) is 13.1. The van der Waals surface area contributed by atoms with Crippen LogP contribution in [0.5, 0.6) is 0 Å². The van der Waals surface area contributed by atoms with E-state index in [9.17, 15) is 4.79 Å². The summed E-state index contributed by atoms with van der Waals surface area (Å²) in [5, 5.41) is 8.85. The maximum absolute atomic E-state index is 12.1. The number of amides is 1. The number of aliphatic hydroxyl groups is 1. The minimum absolute atomic E-state index is 0.0427. The quantitative estimate of drug-likeness (QED) is 0.701. The Morgan fingerprint density at radius 1 is 1.29 bits per heavy atom. The molecule has 1 heterocycles. The molecule has 0 aromatic carbocycles. The van der Waals surface area contributed by atoms with E-state index in [0.717, 1.165) is 13.1 Å². The van der Waals surface area contributed by atoms with Gasteiger partial charge in [0.2, 0.25) is 5.91 Å². The van der Waals surface area contributed by atoms with E-state index in [1.54, 1.807) is 0 Å². The highest BCUT2D eigenvalue weighted by Gasteiger charge is 2.32. The Hall–Kier alpha value is -0.650. The molecule has 5 nitrogen and oxygen atoms in total. The van der Waals surface area contributed by atoms with Gasteiger partial charge in [-0.15, -0.1) is 0 Å². The fourth-order valence-corrected chi connectivity index (χ4v) is 1.90. The smallest absolute Gasteiger partial charge is 0.240 e. The molecule has 0 radical (unpaired) electrons. The summed E-state index contributed by atoms with van der Waals surface area (Å²) in [5.74, 6) is 0.0427. The van der Waals surface area contributed by atoms with Crippen molar-refractivity contribution in [3.8, 4) is 0 Å². The molecule has 0 saturated carbocycles.